The molecule has 0 saturated carbocycles. The molecule has 11 heteroatoms. The van der Waals surface area contributed by atoms with Crippen LogP contribution in [0.3, 0.4) is 0 Å². The molecule has 0 aliphatic heterocycles. The van der Waals surface area contributed by atoms with Crippen LogP contribution in [0.1, 0.15) is 10.4 Å². The Hall–Kier alpha value is -4.48. The van der Waals surface area contributed by atoms with Crippen LogP contribution >= 0.6 is 11.3 Å². The molecule has 3 heterocycles. The molecule has 6 rings (SSSR count). The summed E-state index contributed by atoms with van der Waals surface area (Å²) in [5, 5.41) is 4.91. The summed E-state index contributed by atoms with van der Waals surface area (Å²) >= 11 is 1.39. The van der Waals surface area contributed by atoms with Crippen LogP contribution in [0.5, 0.6) is 0 Å². The van der Waals surface area contributed by atoms with Gasteiger partial charge in [0.15, 0.2) is 0 Å². The van der Waals surface area contributed by atoms with Crippen LogP contribution in [-0.4, -0.2) is 44.6 Å². The zero-order valence-electron chi connectivity index (χ0n) is 21.7. The summed E-state index contributed by atoms with van der Waals surface area (Å²) in [6.45, 7) is 0. The molecule has 0 fully saturated rings. The average molecular weight is 575 g/mol. The molecular formula is C29H23FN4O4S2. The first-order valence-corrected chi connectivity index (χ1v) is 14.9. The Bertz CT molecular complexity index is 1990. The Morgan fingerprint density at radius 1 is 1.10 bits per heavy atom. The van der Waals surface area contributed by atoms with Crippen molar-refractivity contribution in [3.63, 3.8) is 0 Å². The number of carbonyl (C=O) groups is 1. The van der Waals surface area contributed by atoms with Gasteiger partial charge in [0.05, 0.1) is 28.1 Å². The molecule has 2 N–H and O–H groups in total. The number of fused-ring (bicyclic) bond motifs is 2. The van der Waals surface area contributed by atoms with Gasteiger partial charge in [0.25, 0.3) is 5.91 Å². The van der Waals surface area contributed by atoms with Crippen molar-refractivity contribution >= 4 is 54.8 Å². The summed E-state index contributed by atoms with van der Waals surface area (Å²) < 4.78 is 46.2. The Balaban J connectivity index is 1.58. The molecule has 0 atom stereocenters. The smallest absolute Gasteiger partial charge is 0.255 e. The topological polar surface area (TPSA) is 108 Å². The maximum Gasteiger partial charge on any atom is 0.255 e. The molecule has 3 aromatic carbocycles. The number of sulfonamides is 1. The van der Waals surface area contributed by atoms with E-state index in [2.05, 4.69) is 15.3 Å². The van der Waals surface area contributed by atoms with Crippen LogP contribution in [0.4, 0.5) is 10.1 Å². The van der Waals surface area contributed by atoms with Crippen molar-refractivity contribution in [3.05, 3.63) is 84.3 Å². The normalized spacial score (nSPS) is 11.8. The number of carbonyl (C=O) groups excluding carboxylic acids is 1. The van der Waals surface area contributed by atoms with Crippen molar-refractivity contribution in [2.75, 3.05) is 24.7 Å². The summed E-state index contributed by atoms with van der Waals surface area (Å²) in [4.78, 5) is 21.8. The highest BCUT2D eigenvalue weighted by Gasteiger charge is 2.26. The number of thiazole rings is 1. The molecule has 0 unspecified atom stereocenters. The number of hydrogen-bond acceptors (Lipinski definition) is 6. The standard InChI is InChI=1S/C29H23FN4O4S2/c1-31-28(35)26-20-13-19(25-15-32-29(39-25)22-12-17-6-4-5-7-21(17)33-22)23(34(2)40(3,36)37)14-24(20)38-27(26)16-8-10-18(30)11-9-16/h4-15,33H,1-3H3,(H,31,35). The number of anilines is 1. The molecule has 202 valence electrons. The molecule has 3 aromatic heterocycles. The predicted octanol–water partition coefficient (Wildman–Crippen LogP) is 6.27. The van der Waals surface area contributed by atoms with Gasteiger partial charge in [-0.3, -0.25) is 9.10 Å². The SMILES string of the molecule is CNC(=O)c1c(-c2ccc(F)cc2)oc2cc(N(C)S(C)(=O)=O)c(-c3cnc(-c4cc5ccccc5[nH]4)s3)cc12. The predicted molar refractivity (Wildman–Crippen MR) is 157 cm³/mol. The first-order valence-electron chi connectivity index (χ1n) is 12.2. The lowest BCUT2D eigenvalue weighted by molar-refractivity contribution is 0.0964. The minimum atomic E-state index is -3.65. The van der Waals surface area contributed by atoms with Crippen molar-refractivity contribution in [1.29, 1.82) is 0 Å². The highest BCUT2D eigenvalue weighted by Crippen LogP contribution is 2.43. The van der Waals surface area contributed by atoms with E-state index in [9.17, 15) is 17.6 Å². The van der Waals surface area contributed by atoms with Crippen LogP contribution in [0.2, 0.25) is 0 Å². The molecule has 0 radical (unpaired) electrons. The largest absolute Gasteiger partial charge is 0.455 e. The van der Waals surface area contributed by atoms with Crippen molar-refractivity contribution in [2.45, 2.75) is 0 Å². The highest BCUT2D eigenvalue weighted by molar-refractivity contribution is 7.92. The number of benzene rings is 3. The lowest BCUT2D eigenvalue weighted by Crippen LogP contribution is -2.25. The van der Waals surface area contributed by atoms with Gasteiger partial charge in [-0.25, -0.2) is 17.8 Å². The number of rotatable bonds is 6. The second-order valence-corrected chi connectivity index (χ2v) is 12.3. The minimum Gasteiger partial charge on any atom is -0.455 e. The number of para-hydroxylation sites is 1. The third-order valence-corrected chi connectivity index (χ3v) is 8.99. The van der Waals surface area contributed by atoms with Gasteiger partial charge in [-0.05, 0) is 42.5 Å². The molecular weight excluding hydrogens is 551 g/mol. The zero-order chi connectivity index (χ0) is 28.2. The van der Waals surface area contributed by atoms with Gasteiger partial charge in [-0.15, -0.1) is 11.3 Å². The van der Waals surface area contributed by atoms with Gasteiger partial charge in [0.1, 0.15) is 22.2 Å². The zero-order valence-corrected chi connectivity index (χ0v) is 23.3. The maximum atomic E-state index is 13.6. The van der Waals surface area contributed by atoms with E-state index in [0.717, 1.165) is 27.9 Å². The van der Waals surface area contributed by atoms with Crippen LogP contribution < -0.4 is 9.62 Å². The van der Waals surface area contributed by atoms with Crippen LogP contribution in [0.25, 0.3) is 54.3 Å². The van der Waals surface area contributed by atoms with E-state index in [4.69, 9.17) is 4.42 Å². The Morgan fingerprint density at radius 2 is 1.85 bits per heavy atom. The molecule has 1 amide bonds. The number of H-pyrrole nitrogens is 1. The first kappa shape index (κ1) is 25.8. The van der Waals surface area contributed by atoms with E-state index in [0.29, 0.717) is 32.7 Å². The highest BCUT2D eigenvalue weighted by atomic mass is 32.2. The number of furan rings is 1. The Morgan fingerprint density at radius 3 is 2.55 bits per heavy atom. The quantitative estimate of drug-likeness (QED) is 0.244. The fourth-order valence-corrected chi connectivity index (χ4v) is 6.06. The summed E-state index contributed by atoms with van der Waals surface area (Å²) in [6, 6.07) is 18.9. The summed E-state index contributed by atoms with van der Waals surface area (Å²) in [5.41, 5.74) is 3.84. The lowest BCUT2D eigenvalue weighted by atomic mass is 10.0. The van der Waals surface area contributed by atoms with E-state index < -0.39 is 21.7 Å². The van der Waals surface area contributed by atoms with Gasteiger partial charge in [-0.1, -0.05) is 18.2 Å². The third-order valence-electron chi connectivity index (χ3n) is 6.74. The number of halogens is 1. The second kappa shape index (κ2) is 9.61. The van der Waals surface area contributed by atoms with Crippen molar-refractivity contribution in [3.8, 4) is 32.5 Å². The number of amides is 1. The van der Waals surface area contributed by atoms with Gasteiger partial charge < -0.3 is 14.7 Å². The van der Waals surface area contributed by atoms with Crippen molar-refractivity contribution < 1.29 is 22.0 Å². The van der Waals surface area contributed by atoms with Crippen molar-refractivity contribution in [1.82, 2.24) is 15.3 Å². The van der Waals surface area contributed by atoms with Gasteiger partial charge in [-0.2, -0.15) is 0 Å². The number of nitrogens with one attached hydrogen (secondary N) is 2. The molecule has 0 spiro atoms. The van der Waals surface area contributed by atoms with E-state index in [-0.39, 0.29) is 11.3 Å². The Labute approximate surface area is 233 Å². The number of aromatic nitrogens is 2. The minimum absolute atomic E-state index is 0.252. The average Bonchev–Trinajstić information content (AvgIpc) is 3.67. The third kappa shape index (κ3) is 4.42. The van der Waals surface area contributed by atoms with Crippen LogP contribution in [0.15, 0.2) is 77.3 Å². The molecule has 0 aliphatic carbocycles. The van der Waals surface area contributed by atoms with Crippen LogP contribution in [-0.2, 0) is 10.0 Å². The Kier molecular flexibility index (Phi) is 6.20. The first-order chi connectivity index (χ1) is 19.1. The summed E-state index contributed by atoms with van der Waals surface area (Å²) in [6.07, 6.45) is 2.80. The summed E-state index contributed by atoms with van der Waals surface area (Å²) in [7, 11) is -0.677. The monoisotopic (exact) mass is 574 g/mol. The van der Waals surface area contributed by atoms with Gasteiger partial charge in [0, 0.05) is 53.8 Å². The van der Waals surface area contributed by atoms with E-state index in [1.165, 1.54) is 54.0 Å². The number of hydrogen-bond donors (Lipinski definition) is 2. The van der Waals surface area contributed by atoms with Crippen molar-refractivity contribution in [2.24, 2.45) is 0 Å². The van der Waals surface area contributed by atoms with E-state index in [1.807, 2.05) is 30.3 Å². The molecule has 8 nitrogen and oxygen atoms in total. The molecule has 40 heavy (non-hydrogen) atoms. The molecule has 6 aromatic rings. The number of nitrogens with zero attached hydrogens (tertiary/aromatic N) is 2. The molecule has 0 saturated heterocycles. The van der Waals surface area contributed by atoms with Crippen LogP contribution in [0, 0.1) is 5.82 Å². The second-order valence-electron chi connectivity index (χ2n) is 9.29. The van der Waals surface area contributed by atoms with Gasteiger partial charge in [0.2, 0.25) is 10.0 Å². The molecule has 0 aliphatic rings. The number of aromatic amines is 1. The molecule has 0 bridgehead atoms. The lowest BCUT2D eigenvalue weighted by Gasteiger charge is -2.19. The summed E-state index contributed by atoms with van der Waals surface area (Å²) in [5.74, 6) is -0.560. The van der Waals surface area contributed by atoms with Gasteiger partial charge >= 0.3 is 0 Å². The fraction of sp³-hybridized carbons (Fsp3) is 0.103. The van der Waals surface area contributed by atoms with E-state index in [1.54, 1.807) is 18.3 Å². The fourth-order valence-electron chi connectivity index (χ4n) is 4.64. The van der Waals surface area contributed by atoms with E-state index >= 15 is 0 Å². The maximum absolute atomic E-state index is 13.6.